The minimum Gasteiger partial charge on any atom is -0.334 e. The number of alkyl halides is 1. The number of aromatic nitrogens is 1. The van der Waals surface area contributed by atoms with Crippen LogP contribution in [0.1, 0.15) is 23.2 Å². The number of urea groups is 1. The molecule has 1 fully saturated rings. The molecule has 1 aromatic carbocycles. The van der Waals surface area contributed by atoms with Crippen molar-refractivity contribution in [1.29, 1.82) is 0 Å². The van der Waals surface area contributed by atoms with Crippen molar-refractivity contribution in [1.82, 2.24) is 15.6 Å². The Hall–Kier alpha value is -2.43. The Morgan fingerprint density at radius 3 is 2.82 bits per heavy atom. The molecule has 1 aliphatic rings. The lowest BCUT2D eigenvalue weighted by molar-refractivity contribution is 0.233. The minimum absolute atomic E-state index is 0.316. The number of hydrogen-bond acceptors (Lipinski definition) is 2. The molecule has 0 radical (unpaired) electrons. The van der Waals surface area contributed by atoms with Crippen molar-refractivity contribution in [2.75, 3.05) is 0 Å². The molecule has 0 aliphatic heterocycles. The van der Waals surface area contributed by atoms with E-state index in [4.69, 9.17) is 0 Å². The summed E-state index contributed by atoms with van der Waals surface area (Å²) in [6.45, 7) is 2.26. The molecule has 1 aromatic heterocycles. The SMILES string of the molecule is Cc1ncccc1CNC(=O)NC1CC1(F)c1ccccc1. The lowest BCUT2D eigenvalue weighted by Crippen LogP contribution is -2.38. The number of carbonyl (C=O) groups excluding carboxylic acids is 1. The maximum absolute atomic E-state index is 14.6. The first-order valence-corrected chi connectivity index (χ1v) is 7.29. The minimum atomic E-state index is -1.44. The van der Waals surface area contributed by atoms with Crippen LogP contribution < -0.4 is 10.6 Å². The maximum atomic E-state index is 14.6. The van der Waals surface area contributed by atoms with E-state index in [0.29, 0.717) is 18.5 Å². The van der Waals surface area contributed by atoms with Gasteiger partial charge in [0.25, 0.3) is 0 Å². The van der Waals surface area contributed by atoms with E-state index >= 15 is 0 Å². The van der Waals surface area contributed by atoms with Crippen molar-refractivity contribution in [3.05, 3.63) is 65.5 Å². The first kappa shape index (κ1) is 14.5. The molecule has 1 aliphatic carbocycles. The largest absolute Gasteiger partial charge is 0.334 e. The van der Waals surface area contributed by atoms with Crippen molar-refractivity contribution < 1.29 is 9.18 Å². The van der Waals surface area contributed by atoms with Gasteiger partial charge in [-0.05, 0) is 24.1 Å². The van der Waals surface area contributed by atoms with E-state index < -0.39 is 11.7 Å². The molecule has 2 atom stereocenters. The molecule has 114 valence electrons. The number of nitrogens with zero attached hydrogens (tertiary/aromatic N) is 1. The highest BCUT2D eigenvalue weighted by atomic mass is 19.1. The second kappa shape index (κ2) is 5.75. The summed E-state index contributed by atoms with van der Waals surface area (Å²) in [7, 11) is 0. The zero-order valence-corrected chi connectivity index (χ0v) is 12.3. The van der Waals surface area contributed by atoms with Crippen molar-refractivity contribution in [3.63, 3.8) is 0 Å². The van der Waals surface area contributed by atoms with Crippen LogP contribution in [0.25, 0.3) is 0 Å². The van der Waals surface area contributed by atoms with E-state index in [2.05, 4.69) is 15.6 Å². The third-order valence-electron chi connectivity index (χ3n) is 4.01. The lowest BCUT2D eigenvalue weighted by atomic mass is 10.1. The Morgan fingerprint density at radius 1 is 1.32 bits per heavy atom. The predicted molar refractivity (Wildman–Crippen MR) is 82.0 cm³/mol. The topological polar surface area (TPSA) is 54.0 Å². The van der Waals surface area contributed by atoms with Crippen LogP contribution in [-0.2, 0) is 12.2 Å². The fourth-order valence-electron chi connectivity index (χ4n) is 2.53. The zero-order chi connectivity index (χ0) is 15.6. The number of nitrogens with one attached hydrogen (secondary N) is 2. The molecule has 1 saturated carbocycles. The number of rotatable bonds is 4. The molecule has 5 heteroatoms. The van der Waals surface area contributed by atoms with Crippen LogP contribution >= 0.6 is 0 Å². The van der Waals surface area contributed by atoms with Gasteiger partial charge >= 0.3 is 6.03 Å². The highest BCUT2D eigenvalue weighted by Crippen LogP contribution is 2.49. The summed E-state index contributed by atoms with van der Waals surface area (Å²) in [4.78, 5) is 16.0. The summed E-state index contributed by atoms with van der Waals surface area (Å²) in [6.07, 6.45) is 2.02. The van der Waals surface area contributed by atoms with Gasteiger partial charge in [0.15, 0.2) is 5.67 Å². The standard InChI is InChI=1S/C17H18FN3O/c1-12-13(6-5-9-19-12)11-20-16(22)21-15-10-17(15,18)14-7-3-2-4-8-14/h2-9,15H,10-11H2,1H3,(H2,20,21,22). The average molecular weight is 299 g/mol. The van der Waals surface area contributed by atoms with Gasteiger partial charge in [0.05, 0.1) is 6.04 Å². The molecular formula is C17H18FN3O. The van der Waals surface area contributed by atoms with E-state index in [9.17, 15) is 9.18 Å². The number of pyridine rings is 1. The molecule has 0 bridgehead atoms. The van der Waals surface area contributed by atoms with Crippen molar-refractivity contribution in [2.45, 2.75) is 31.6 Å². The molecule has 2 N–H and O–H groups in total. The third kappa shape index (κ3) is 2.93. The summed E-state index contributed by atoms with van der Waals surface area (Å²) >= 11 is 0. The van der Waals surface area contributed by atoms with Crippen LogP contribution in [-0.4, -0.2) is 17.1 Å². The van der Waals surface area contributed by atoms with Gasteiger partial charge in [-0.3, -0.25) is 4.98 Å². The van der Waals surface area contributed by atoms with E-state index in [1.807, 2.05) is 25.1 Å². The van der Waals surface area contributed by atoms with Crippen molar-refractivity contribution in [2.24, 2.45) is 0 Å². The fourth-order valence-corrected chi connectivity index (χ4v) is 2.53. The molecule has 22 heavy (non-hydrogen) atoms. The smallest absolute Gasteiger partial charge is 0.315 e. The first-order valence-electron chi connectivity index (χ1n) is 7.29. The van der Waals surface area contributed by atoms with Crippen molar-refractivity contribution >= 4 is 6.03 Å². The highest BCUT2D eigenvalue weighted by molar-refractivity contribution is 5.75. The quantitative estimate of drug-likeness (QED) is 0.912. The van der Waals surface area contributed by atoms with Crippen LogP contribution in [0.3, 0.4) is 0 Å². The van der Waals surface area contributed by atoms with Crippen LogP contribution in [0.15, 0.2) is 48.7 Å². The van der Waals surface area contributed by atoms with Gasteiger partial charge in [-0.25, -0.2) is 9.18 Å². The van der Waals surface area contributed by atoms with Gasteiger partial charge in [-0.2, -0.15) is 0 Å². The molecule has 2 amide bonds. The third-order valence-corrected chi connectivity index (χ3v) is 4.01. The molecule has 1 heterocycles. The first-order chi connectivity index (χ1) is 10.6. The van der Waals surface area contributed by atoms with Gasteiger partial charge in [0, 0.05) is 24.9 Å². The Bertz CT molecular complexity index is 677. The molecule has 2 unspecified atom stereocenters. The number of benzene rings is 1. The lowest BCUT2D eigenvalue weighted by Gasteiger charge is -2.11. The van der Waals surface area contributed by atoms with Crippen LogP contribution in [0.5, 0.6) is 0 Å². The van der Waals surface area contributed by atoms with E-state index in [-0.39, 0.29) is 6.03 Å². The molecule has 3 rings (SSSR count). The average Bonchev–Trinajstić information content (AvgIpc) is 3.19. The highest BCUT2D eigenvalue weighted by Gasteiger charge is 2.57. The molecule has 4 nitrogen and oxygen atoms in total. The molecular weight excluding hydrogens is 281 g/mol. The monoisotopic (exact) mass is 299 g/mol. The summed E-state index contributed by atoms with van der Waals surface area (Å²) in [5.74, 6) is 0. The summed E-state index contributed by atoms with van der Waals surface area (Å²) < 4.78 is 14.6. The predicted octanol–water partition coefficient (Wildman–Crippen LogP) is 2.83. The molecule has 2 aromatic rings. The number of halogens is 1. The van der Waals surface area contributed by atoms with Gasteiger partial charge in [-0.15, -0.1) is 0 Å². The second-order valence-corrected chi connectivity index (χ2v) is 5.56. The number of aryl methyl sites for hydroxylation is 1. The van der Waals surface area contributed by atoms with Crippen molar-refractivity contribution in [3.8, 4) is 0 Å². The van der Waals surface area contributed by atoms with Crippen LogP contribution in [0, 0.1) is 6.92 Å². The summed E-state index contributed by atoms with van der Waals surface area (Å²) in [6, 6.07) is 11.9. The van der Waals surface area contributed by atoms with Crippen LogP contribution in [0.2, 0.25) is 0 Å². The number of carbonyl (C=O) groups is 1. The van der Waals surface area contributed by atoms with E-state index in [1.165, 1.54) is 0 Å². The van der Waals surface area contributed by atoms with Gasteiger partial charge in [0.1, 0.15) is 0 Å². The number of hydrogen-bond donors (Lipinski definition) is 2. The number of amides is 2. The maximum Gasteiger partial charge on any atom is 0.315 e. The van der Waals surface area contributed by atoms with Gasteiger partial charge in [-0.1, -0.05) is 36.4 Å². The Labute approximate surface area is 128 Å². The molecule has 0 saturated heterocycles. The molecule has 0 spiro atoms. The summed E-state index contributed by atoms with van der Waals surface area (Å²) in [5.41, 5.74) is 0.993. The fraction of sp³-hybridized carbons (Fsp3) is 0.294. The summed E-state index contributed by atoms with van der Waals surface area (Å²) in [5, 5.41) is 5.43. The van der Waals surface area contributed by atoms with E-state index in [0.717, 1.165) is 11.3 Å². The Kier molecular flexibility index (Phi) is 3.79. The van der Waals surface area contributed by atoms with Gasteiger partial charge < -0.3 is 10.6 Å². The van der Waals surface area contributed by atoms with Crippen LogP contribution in [0.4, 0.5) is 9.18 Å². The Morgan fingerprint density at radius 2 is 2.09 bits per heavy atom. The van der Waals surface area contributed by atoms with Gasteiger partial charge in [0.2, 0.25) is 0 Å². The Balaban J connectivity index is 1.53. The normalized spacial score (nSPS) is 22.9. The zero-order valence-electron chi connectivity index (χ0n) is 12.3. The van der Waals surface area contributed by atoms with E-state index in [1.54, 1.807) is 30.5 Å². The second-order valence-electron chi connectivity index (χ2n) is 5.56.